The van der Waals surface area contributed by atoms with Gasteiger partial charge in [-0.2, -0.15) is 0 Å². The number of hydrogen-bond donors (Lipinski definition) is 2. The highest BCUT2D eigenvalue weighted by Gasteiger charge is 2.24. The summed E-state index contributed by atoms with van der Waals surface area (Å²) >= 11 is 0. The van der Waals surface area contributed by atoms with Gasteiger partial charge in [0.1, 0.15) is 12.1 Å². The van der Waals surface area contributed by atoms with Crippen LogP contribution in [-0.4, -0.2) is 22.1 Å². The number of nitrogens with zero attached hydrogens (tertiary/aromatic N) is 2. The molecule has 0 bridgehead atoms. The molecule has 1 aliphatic rings. The summed E-state index contributed by atoms with van der Waals surface area (Å²) in [5.74, 6) is 1.03. The Labute approximate surface area is 109 Å². The van der Waals surface area contributed by atoms with Crippen LogP contribution in [0.15, 0.2) is 6.33 Å². The van der Waals surface area contributed by atoms with Gasteiger partial charge in [-0.1, -0.05) is 6.92 Å². The van der Waals surface area contributed by atoms with E-state index in [2.05, 4.69) is 29.1 Å². The van der Waals surface area contributed by atoms with Gasteiger partial charge in [-0.3, -0.25) is 0 Å². The molecule has 18 heavy (non-hydrogen) atoms. The molecule has 1 heterocycles. The van der Waals surface area contributed by atoms with E-state index in [1.165, 1.54) is 24.1 Å². The number of nitrogens with one attached hydrogen (secondary N) is 1. The average molecular weight is 248 g/mol. The van der Waals surface area contributed by atoms with Crippen LogP contribution in [0.3, 0.4) is 0 Å². The second-order valence-electron chi connectivity index (χ2n) is 5.43. The second-order valence-corrected chi connectivity index (χ2v) is 5.43. The van der Waals surface area contributed by atoms with Crippen molar-refractivity contribution in [1.29, 1.82) is 0 Å². The number of aryl methyl sites for hydroxylation is 1. The van der Waals surface area contributed by atoms with Crippen LogP contribution in [0.2, 0.25) is 0 Å². The van der Waals surface area contributed by atoms with Gasteiger partial charge in [-0.05, 0) is 52.0 Å². The summed E-state index contributed by atoms with van der Waals surface area (Å²) in [6, 6.07) is 0. The molecular formula is C14H24N4. The van der Waals surface area contributed by atoms with Crippen molar-refractivity contribution < 1.29 is 0 Å². The van der Waals surface area contributed by atoms with Crippen LogP contribution in [0.1, 0.15) is 50.8 Å². The minimum Gasteiger partial charge on any atom is -0.365 e. The van der Waals surface area contributed by atoms with Crippen molar-refractivity contribution in [3.8, 4) is 0 Å². The van der Waals surface area contributed by atoms with Crippen LogP contribution in [0, 0.1) is 0 Å². The van der Waals surface area contributed by atoms with Crippen LogP contribution in [0.5, 0.6) is 0 Å². The highest BCUT2D eigenvalue weighted by molar-refractivity contribution is 5.48. The number of anilines is 1. The first-order valence-corrected chi connectivity index (χ1v) is 6.99. The van der Waals surface area contributed by atoms with Gasteiger partial charge < -0.3 is 11.1 Å². The minimum absolute atomic E-state index is 0.0360. The normalized spacial score (nSPS) is 17.9. The van der Waals surface area contributed by atoms with Gasteiger partial charge in [0, 0.05) is 16.8 Å². The molecule has 2 rings (SSSR count). The summed E-state index contributed by atoms with van der Waals surface area (Å²) in [4.78, 5) is 8.85. The number of fused-ring (bicyclic) bond motifs is 1. The molecule has 3 N–H and O–H groups in total. The third-order valence-corrected chi connectivity index (χ3v) is 4.02. The van der Waals surface area contributed by atoms with Crippen LogP contribution >= 0.6 is 0 Å². The lowest BCUT2D eigenvalue weighted by Crippen LogP contribution is -2.37. The zero-order valence-electron chi connectivity index (χ0n) is 11.5. The Kier molecular flexibility index (Phi) is 4.17. The van der Waals surface area contributed by atoms with E-state index in [-0.39, 0.29) is 5.54 Å². The van der Waals surface area contributed by atoms with Crippen molar-refractivity contribution in [2.24, 2.45) is 5.73 Å². The first-order chi connectivity index (χ1) is 8.68. The number of aromatic nitrogens is 2. The molecule has 0 aromatic carbocycles. The van der Waals surface area contributed by atoms with Crippen LogP contribution in [0.4, 0.5) is 5.82 Å². The first kappa shape index (κ1) is 13.3. The SMILES string of the molecule is CCC(C)(CCN)Nc1ncnc2c1CCCC2. The molecule has 100 valence electrons. The average Bonchev–Trinajstić information content (AvgIpc) is 2.39. The molecule has 0 fully saturated rings. The summed E-state index contributed by atoms with van der Waals surface area (Å²) in [5, 5.41) is 3.60. The summed E-state index contributed by atoms with van der Waals surface area (Å²) in [6.07, 6.45) is 8.37. The van der Waals surface area contributed by atoms with Crippen molar-refractivity contribution in [3.05, 3.63) is 17.6 Å². The van der Waals surface area contributed by atoms with Crippen molar-refractivity contribution in [3.63, 3.8) is 0 Å². The molecule has 0 saturated heterocycles. The Morgan fingerprint density at radius 3 is 2.83 bits per heavy atom. The molecule has 0 amide bonds. The van der Waals surface area contributed by atoms with Gasteiger partial charge in [0.2, 0.25) is 0 Å². The predicted molar refractivity (Wildman–Crippen MR) is 74.7 cm³/mol. The van der Waals surface area contributed by atoms with E-state index in [9.17, 15) is 0 Å². The summed E-state index contributed by atoms with van der Waals surface area (Å²) in [6.45, 7) is 5.11. The molecule has 1 unspecified atom stereocenters. The molecule has 4 heteroatoms. The number of nitrogens with two attached hydrogens (primary N) is 1. The largest absolute Gasteiger partial charge is 0.365 e. The smallest absolute Gasteiger partial charge is 0.133 e. The lowest BCUT2D eigenvalue weighted by atomic mass is 9.92. The van der Waals surface area contributed by atoms with Gasteiger partial charge >= 0.3 is 0 Å². The molecule has 0 spiro atoms. The van der Waals surface area contributed by atoms with Crippen LogP contribution in [-0.2, 0) is 12.8 Å². The molecule has 0 aliphatic heterocycles. The molecule has 1 aromatic heterocycles. The van der Waals surface area contributed by atoms with Gasteiger partial charge in [-0.25, -0.2) is 9.97 Å². The van der Waals surface area contributed by atoms with E-state index >= 15 is 0 Å². The van der Waals surface area contributed by atoms with E-state index in [1.54, 1.807) is 6.33 Å². The summed E-state index contributed by atoms with van der Waals surface area (Å²) in [5.41, 5.74) is 8.29. The maximum Gasteiger partial charge on any atom is 0.133 e. The van der Waals surface area contributed by atoms with Crippen molar-refractivity contribution in [1.82, 2.24) is 9.97 Å². The fraction of sp³-hybridized carbons (Fsp3) is 0.714. The zero-order valence-corrected chi connectivity index (χ0v) is 11.5. The van der Waals surface area contributed by atoms with Gasteiger partial charge in [-0.15, -0.1) is 0 Å². The topological polar surface area (TPSA) is 63.8 Å². The standard InChI is InChI=1S/C14H24N4/c1-3-14(2,8-9-15)18-13-11-6-4-5-7-12(11)16-10-17-13/h10H,3-9,15H2,1-2H3,(H,16,17,18). The quantitative estimate of drug-likeness (QED) is 0.839. The Balaban J connectivity index is 2.23. The number of hydrogen-bond acceptors (Lipinski definition) is 4. The lowest BCUT2D eigenvalue weighted by Gasteiger charge is -2.31. The van der Waals surface area contributed by atoms with Gasteiger partial charge in [0.15, 0.2) is 0 Å². The fourth-order valence-corrected chi connectivity index (χ4v) is 2.56. The second kappa shape index (κ2) is 5.65. The zero-order chi connectivity index (χ0) is 13.0. The third-order valence-electron chi connectivity index (χ3n) is 4.02. The lowest BCUT2D eigenvalue weighted by molar-refractivity contribution is 0.460. The van der Waals surface area contributed by atoms with Gasteiger partial charge in [0.05, 0.1) is 0 Å². The van der Waals surface area contributed by atoms with E-state index in [4.69, 9.17) is 5.73 Å². The monoisotopic (exact) mass is 248 g/mol. The Bertz CT molecular complexity index is 405. The predicted octanol–water partition coefficient (Wildman–Crippen LogP) is 2.28. The maximum absolute atomic E-state index is 5.71. The van der Waals surface area contributed by atoms with E-state index in [1.807, 2.05) is 0 Å². The fourth-order valence-electron chi connectivity index (χ4n) is 2.56. The Morgan fingerprint density at radius 2 is 2.11 bits per heavy atom. The highest BCUT2D eigenvalue weighted by atomic mass is 15.1. The Morgan fingerprint density at radius 1 is 1.33 bits per heavy atom. The molecule has 1 atom stereocenters. The molecule has 1 aromatic rings. The van der Waals surface area contributed by atoms with E-state index in [0.717, 1.165) is 31.5 Å². The number of rotatable bonds is 5. The Hall–Kier alpha value is -1.16. The molecule has 0 saturated carbocycles. The van der Waals surface area contributed by atoms with Crippen LogP contribution < -0.4 is 11.1 Å². The molecule has 0 radical (unpaired) electrons. The summed E-state index contributed by atoms with van der Waals surface area (Å²) in [7, 11) is 0. The minimum atomic E-state index is 0.0360. The van der Waals surface area contributed by atoms with Crippen molar-refractivity contribution >= 4 is 5.82 Å². The van der Waals surface area contributed by atoms with E-state index < -0.39 is 0 Å². The molecule has 4 nitrogen and oxygen atoms in total. The maximum atomic E-state index is 5.71. The molecule has 1 aliphatic carbocycles. The van der Waals surface area contributed by atoms with Crippen molar-refractivity contribution in [2.45, 2.75) is 57.9 Å². The highest BCUT2D eigenvalue weighted by Crippen LogP contribution is 2.28. The van der Waals surface area contributed by atoms with Crippen LogP contribution in [0.25, 0.3) is 0 Å². The summed E-state index contributed by atoms with van der Waals surface area (Å²) < 4.78 is 0. The first-order valence-electron chi connectivity index (χ1n) is 6.99. The van der Waals surface area contributed by atoms with E-state index in [0.29, 0.717) is 6.54 Å². The van der Waals surface area contributed by atoms with Crippen molar-refractivity contribution in [2.75, 3.05) is 11.9 Å². The van der Waals surface area contributed by atoms with Gasteiger partial charge in [0.25, 0.3) is 0 Å². The third kappa shape index (κ3) is 2.80. The molecular weight excluding hydrogens is 224 g/mol.